The Hall–Kier alpha value is -1.85. The average molecular weight is 407 g/mol. The maximum atomic E-state index is 12.7. The van der Waals surface area contributed by atoms with E-state index in [4.69, 9.17) is 11.6 Å². The van der Waals surface area contributed by atoms with E-state index in [0.717, 1.165) is 23.3 Å². The summed E-state index contributed by atoms with van der Waals surface area (Å²) in [6, 6.07) is 11.1. The highest BCUT2D eigenvalue weighted by atomic mass is 35.5. The second-order valence-corrected chi connectivity index (χ2v) is 8.53. The SMILES string of the molecule is CC(=O)NC(CC(=O)NC(CCC(C)C)c1ccc(Cl)cc1)c1cccs1. The van der Waals surface area contributed by atoms with Crippen LogP contribution >= 0.6 is 22.9 Å². The molecule has 0 fully saturated rings. The largest absolute Gasteiger partial charge is 0.349 e. The molecule has 0 saturated heterocycles. The van der Waals surface area contributed by atoms with E-state index in [-0.39, 0.29) is 30.3 Å². The smallest absolute Gasteiger partial charge is 0.222 e. The van der Waals surface area contributed by atoms with E-state index in [9.17, 15) is 9.59 Å². The number of amides is 2. The van der Waals surface area contributed by atoms with Crippen LogP contribution in [0, 0.1) is 5.92 Å². The van der Waals surface area contributed by atoms with Gasteiger partial charge in [0.25, 0.3) is 0 Å². The first-order valence-electron chi connectivity index (χ1n) is 9.20. The lowest BCUT2D eigenvalue weighted by Gasteiger charge is -2.22. The zero-order valence-electron chi connectivity index (χ0n) is 16.0. The first-order valence-corrected chi connectivity index (χ1v) is 10.5. The fourth-order valence-corrected chi connectivity index (χ4v) is 3.82. The molecule has 1 aromatic carbocycles. The zero-order chi connectivity index (χ0) is 19.8. The summed E-state index contributed by atoms with van der Waals surface area (Å²) in [5, 5.41) is 8.64. The topological polar surface area (TPSA) is 58.2 Å². The average Bonchev–Trinajstić information content (AvgIpc) is 3.13. The van der Waals surface area contributed by atoms with Crippen LogP contribution in [0.15, 0.2) is 41.8 Å². The third kappa shape index (κ3) is 7.35. The maximum absolute atomic E-state index is 12.7. The lowest BCUT2D eigenvalue weighted by molar-refractivity contribution is -0.123. The van der Waals surface area contributed by atoms with Crippen molar-refractivity contribution in [3.05, 3.63) is 57.2 Å². The summed E-state index contributed by atoms with van der Waals surface area (Å²) < 4.78 is 0. The van der Waals surface area contributed by atoms with Gasteiger partial charge < -0.3 is 10.6 Å². The first-order chi connectivity index (χ1) is 12.8. The van der Waals surface area contributed by atoms with Crippen LogP contribution in [0.4, 0.5) is 0 Å². The van der Waals surface area contributed by atoms with Gasteiger partial charge >= 0.3 is 0 Å². The van der Waals surface area contributed by atoms with Crippen molar-refractivity contribution >= 4 is 34.8 Å². The number of halogens is 1. The van der Waals surface area contributed by atoms with Gasteiger partial charge in [0.05, 0.1) is 18.5 Å². The minimum atomic E-state index is -0.307. The van der Waals surface area contributed by atoms with Crippen LogP contribution in [0.5, 0.6) is 0 Å². The van der Waals surface area contributed by atoms with Crippen molar-refractivity contribution in [3.8, 4) is 0 Å². The molecule has 4 nitrogen and oxygen atoms in total. The number of hydrogen-bond acceptors (Lipinski definition) is 3. The number of nitrogens with one attached hydrogen (secondary N) is 2. The molecule has 2 unspecified atom stereocenters. The molecule has 2 atom stereocenters. The van der Waals surface area contributed by atoms with E-state index in [0.29, 0.717) is 10.9 Å². The normalized spacial score (nSPS) is 13.2. The van der Waals surface area contributed by atoms with Gasteiger partial charge in [-0.2, -0.15) is 0 Å². The summed E-state index contributed by atoms with van der Waals surface area (Å²) in [6.07, 6.45) is 2.08. The summed E-state index contributed by atoms with van der Waals surface area (Å²) >= 11 is 7.53. The molecule has 1 aromatic heterocycles. The van der Waals surface area contributed by atoms with Gasteiger partial charge in [-0.1, -0.05) is 43.6 Å². The molecule has 0 radical (unpaired) electrons. The predicted molar refractivity (Wildman–Crippen MR) is 112 cm³/mol. The molecule has 2 N–H and O–H groups in total. The molecule has 0 aliphatic carbocycles. The number of thiophene rings is 1. The number of carbonyl (C=O) groups is 2. The number of carbonyl (C=O) groups excluding carboxylic acids is 2. The highest BCUT2D eigenvalue weighted by Crippen LogP contribution is 2.25. The summed E-state index contributed by atoms with van der Waals surface area (Å²) in [7, 11) is 0. The van der Waals surface area contributed by atoms with E-state index < -0.39 is 0 Å². The molecule has 2 rings (SSSR count). The second kappa shape index (κ2) is 10.5. The molecule has 0 spiro atoms. The lowest BCUT2D eigenvalue weighted by atomic mass is 9.97. The van der Waals surface area contributed by atoms with E-state index >= 15 is 0 Å². The monoisotopic (exact) mass is 406 g/mol. The Morgan fingerprint density at radius 1 is 1.04 bits per heavy atom. The molecule has 146 valence electrons. The van der Waals surface area contributed by atoms with Crippen LogP contribution in [0.25, 0.3) is 0 Å². The summed E-state index contributed by atoms with van der Waals surface area (Å²) in [5.74, 6) is 0.330. The summed E-state index contributed by atoms with van der Waals surface area (Å²) in [6.45, 7) is 5.81. The zero-order valence-corrected chi connectivity index (χ0v) is 17.6. The Bertz CT molecular complexity index is 729. The molecule has 6 heteroatoms. The molecule has 0 aliphatic rings. The Morgan fingerprint density at radius 2 is 1.74 bits per heavy atom. The highest BCUT2D eigenvalue weighted by molar-refractivity contribution is 7.10. The van der Waals surface area contributed by atoms with Crippen molar-refractivity contribution in [1.29, 1.82) is 0 Å². The van der Waals surface area contributed by atoms with Crippen LogP contribution in [-0.4, -0.2) is 11.8 Å². The number of rotatable bonds is 9. The fourth-order valence-electron chi connectivity index (χ4n) is 2.91. The van der Waals surface area contributed by atoms with Gasteiger partial charge in [0.2, 0.25) is 11.8 Å². The first kappa shape index (κ1) is 21.5. The van der Waals surface area contributed by atoms with E-state index in [1.165, 1.54) is 18.3 Å². The summed E-state index contributed by atoms with van der Waals surface area (Å²) in [4.78, 5) is 25.3. The number of benzene rings is 1. The molecule has 27 heavy (non-hydrogen) atoms. The Kier molecular flexibility index (Phi) is 8.32. The van der Waals surface area contributed by atoms with Crippen LogP contribution in [0.1, 0.15) is 62.6 Å². The third-order valence-corrected chi connectivity index (χ3v) is 5.53. The van der Waals surface area contributed by atoms with Crippen LogP contribution in [0.2, 0.25) is 5.02 Å². The van der Waals surface area contributed by atoms with Crippen molar-refractivity contribution in [1.82, 2.24) is 10.6 Å². The molecule has 0 saturated carbocycles. The second-order valence-electron chi connectivity index (χ2n) is 7.12. The summed E-state index contributed by atoms with van der Waals surface area (Å²) in [5.41, 5.74) is 1.04. The molecule has 0 bridgehead atoms. The van der Waals surface area contributed by atoms with Gasteiger partial charge in [-0.05, 0) is 47.9 Å². The van der Waals surface area contributed by atoms with Crippen LogP contribution in [-0.2, 0) is 9.59 Å². The predicted octanol–water partition coefficient (Wildman–Crippen LogP) is 5.26. The van der Waals surface area contributed by atoms with Crippen molar-refractivity contribution in [2.75, 3.05) is 0 Å². The Morgan fingerprint density at radius 3 is 2.30 bits per heavy atom. The van der Waals surface area contributed by atoms with Gasteiger partial charge in [-0.15, -0.1) is 11.3 Å². The van der Waals surface area contributed by atoms with Gasteiger partial charge in [-0.25, -0.2) is 0 Å². The van der Waals surface area contributed by atoms with Gasteiger partial charge in [0, 0.05) is 16.8 Å². The molecule has 0 aliphatic heterocycles. The van der Waals surface area contributed by atoms with E-state index in [1.807, 2.05) is 41.8 Å². The lowest BCUT2D eigenvalue weighted by Crippen LogP contribution is -2.34. The van der Waals surface area contributed by atoms with Crippen LogP contribution < -0.4 is 10.6 Å². The molecule has 2 amide bonds. The van der Waals surface area contributed by atoms with Crippen LogP contribution in [0.3, 0.4) is 0 Å². The highest BCUT2D eigenvalue weighted by Gasteiger charge is 2.21. The molecular weight excluding hydrogens is 380 g/mol. The Labute approximate surface area is 170 Å². The Balaban J connectivity index is 2.08. The van der Waals surface area contributed by atoms with Gasteiger partial charge in [-0.3, -0.25) is 9.59 Å². The quantitative estimate of drug-likeness (QED) is 0.596. The van der Waals surface area contributed by atoms with Gasteiger partial charge in [0.15, 0.2) is 0 Å². The van der Waals surface area contributed by atoms with E-state index in [2.05, 4.69) is 24.5 Å². The van der Waals surface area contributed by atoms with Gasteiger partial charge in [0.1, 0.15) is 0 Å². The molecule has 1 heterocycles. The fraction of sp³-hybridized carbons (Fsp3) is 0.429. The minimum Gasteiger partial charge on any atom is -0.349 e. The number of hydrogen-bond donors (Lipinski definition) is 2. The van der Waals surface area contributed by atoms with E-state index in [1.54, 1.807) is 0 Å². The van der Waals surface area contributed by atoms with Crippen molar-refractivity contribution in [2.45, 2.75) is 52.1 Å². The standard InChI is InChI=1S/C21H27ClN2O2S/c1-14(2)6-11-18(16-7-9-17(22)10-8-16)24-21(26)13-19(23-15(3)25)20-5-4-12-27-20/h4-5,7-10,12,14,18-19H,6,11,13H2,1-3H3,(H,23,25)(H,24,26). The minimum absolute atomic E-state index is 0.0709. The van der Waals surface area contributed by atoms with Crippen molar-refractivity contribution in [3.63, 3.8) is 0 Å². The molecular formula is C21H27ClN2O2S. The van der Waals surface area contributed by atoms with Crippen molar-refractivity contribution < 1.29 is 9.59 Å². The maximum Gasteiger partial charge on any atom is 0.222 e. The third-order valence-electron chi connectivity index (χ3n) is 4.29. The molecule has 2 aromatic rings. The van der Waals surface area contributed by atoms with Crippen molar-refractivity contribution in [2.24, 2.45) is 5.92 Å².